The molecule has 0 aliphatic carbocycles. The van der Waals surface area contributed by atoms with Crippen molar-refractivity contribution in [3.8, 4) is 0 Å². The zero-order chi connectivity index (χ0) is 17.7. The smallest absolute Gasteiger partial charge is 0.326 e. The number of carboxylic acids is 1. The van der Waals surface area contributed by atoms with Crippen molar-refractivity contribution in [1.82, 2.24) is 9.88 Å². The number of piperidine rings is 1. The highest BCUT2D eigenvalue weighted by Crippen LogP contribution is 2.19. The molecule has 1 amide bonds. The number of nitrogens with one attached hydrogen (secondary N) is 1. The summed E-state index contributed by atoms with van der Waals surface area (Å²) < 4.78 is 0. The van der Waals surface area contributed by atoms with Crippen LogP contribution in [0.2, 0.25) is 0 Å². The maximum absolute atomic E-state index is 12.5. The third kappa shape index (κ3) is 4.94. The highest BCUT2D eigenvalue weighted by molar-refractivity contribution is 5.94. The largest absolute Gasteiger partial charge is 0.480 e. The molecule has 6 heteroatoms. The van der Waals surface area contributed by atoms with Gasteiger partial charge < -0.3 is 15.3 Å². The molecule has 2 heterocycles. The van der Waals surface area contributed by atoms with Gasteiger partial charge in [0.05, 0.1) is 5.56 Å². The number of carboxylic acid groups (broad SMARTS) is 1. The minimum absolute atomic E-state index is 0.00193. The molecule has 1 aromatic heterocycles. The van der Waals surface area contributed by atoms with Gasteiger partial charge in [0, 0.05) is 19.3 Å². The van der Waals surface area contributed by atoms with Gasteiger partial charge in [-0.25, -0.2) is 9.78 Å². The molecule has 1 aliphatic heterocycles. The summed E-state index contributed by atoms with van der Waals surface area (Å²) in [5.41, 5.74) is 0.547. The topological polar surface area (TPSA) is 82.5 Å². The van der Waals surface area contributed by atoms with Gasteiger partial charge in [-0.1, -0.05) is 20.8 Å². The molecule has 1 saturated heterocycles. The van der Waals surface area contributed by atoms with E-state index in [2.05, 4.69) is 17.2 Å². The first-order chi connectivity index (χ1) is 11.4. The van der Waals surface area contributed by atoms with Crippen molar-refractivity contribution in [3.05, 3.63) is 23.9 Å². The normalized spacial score (nSPS) is 16.9. The van der Waals surface area contributed by atoms with Gasteiger partial charge in [0.25, 0.3) is 5.91 Å². The van der Waals surface area contributed by atoms with Gasteiger partial charge in [0.15, 0.2) is 0 Å². The molecule has 1 fully saturated rings. The van der Waals surface area contributed by atoms with E-state index in [9.17, 15) is 14.7 Å². The van der Waals surface area contributed by atoms with Crippen molar-refractivity contribution >= 4 is 17.7 Å². The number of hydrogen-bond acceptors (Lipinski definition) is 4. The number of amides is 1. The van der Waals surface area contributed by atoms with Gasteiger partial charge in [-0.2, -0.15) is 0 Å². The van der Waals surface area contributed by atoms with E-state index in [0.29, 0.717) is 23.7 Å². The van der Waals surface area contributed by atoms with Crippen LogP contribution in [0.3, 0.4) is 0 Å². The van der Waals surface area contributed by atoms with Crippen molar-refractivity contribution in [2.45, 2.75) is 46.1 Å². The first kappa shape index (κ1) is 18.2. The molecule has 2 rings (SSSR count). The first-order valence-electron chi connectivity index (χ1n) is 8.61. The quantitative estimate of drug-likeness (QED) is 0.836. The zero-order valence-corrected chi connectivity index (χ0v) is 14.7. The summed E-state index contributed by atoms with van der Waals surface area (Å²) >= 11 is 0. The Morgan fingerprint density at radius 2 is 2.00 bits per heavy atom. The van der Waals surface area contributed by atoms with E-state index < -0.39 is 12.0 Å². The first-order valence-corrected chi connectivity index (χ1v) is 8.61. The van der Waals surface area contributed by atoms with E-state index in [-0.39, 0.29) is 11.8 Å². The molecule has 0 bridgehead atoms. The number of aromatic nitrogens is 1. The summed E-state index contributed by atoms with van der Waals surface area (Å²) in [6.45, 7) is 7.74. The molecule has 6 nitrogen and oxygen atoms in total. The van der Waals surface area contributed by atoms with Crippen molar-refractivity contribution in [2.24, 2.45) is 11.8 Å². The predicted molar refractivity (Wildman–Crippen MR) is 93.0 cm³/mol. The number of carbonyl (C=O) groups excluding carboxylic acids is 1. The van der Waals surface area contributed by atoms with Gasteiger partial charge in [-0.15, -0.1) is 0 Å². The number of pyridine rings is 1. The van der Waals surface area contributed by atoms with Crippen LogP contribution in [-0.4, -0.2) is 46.0 Å². The van der Waals surface area contributed by atoms with E-state index in [1.54, 1.807) is 12.1 Å². The molecule has 24 heavy (non-hydrogen) atoms. The Hall–Kier alpha value is -2.11. The Morgan fingerprint density at radius 1 is 1.33 bits per heavy atom. The second-order valence-electron chi connectivity index (χ2n) is 7.07. The van der Waals surface area contributed by atoms with Gasteiger partial charge >= 0.3 is 5.97 Å². The van der Waals surface area contributed by atoms with Crippen LogP contribution in [0.4, 0.5) is 5.82 Å². The molecule has 0 radical (unpaired) electrons. The van der Waals surface area contributed by atoms with Crippen molar-refractivity contribution in [1.29, 1.82) is 0 Å². The number of hydrogen-bond donors (Lipinski definition) is 2. The molecule has 1 aromatic rings. The summed E-state index contributed by atoms with van der Waals surface area (Å²) in [5.74, 6) is 0.520. The van der Waals surface area contributed by atoms with Crippen LogP contribution >= 0.6 is 0 Å². The monoisotopic (exact) mass is 333 g/mol. The van der Waals surface area contributed by atoms with E-state index in [4.69, 9.17) is 0 Å². The Kier molecular flexibility index (Phi) is 6.17. The molecule has 0 aromatic carbocycles. The molecule has 132 valence electrons. The third-order valence-corrected chi connectivity index (χ3v) is 4.41. The van der Waals surface area contributed by atoms with E-state index in [1.165, 1.54) is 6.20 Å². The number of aliphatic carboxylic acids is 1. The Bertz CT molecular complexity index is 563. The lowest BCUT2D eigenvalue weighted by Gasteiger charge is -2.30. The standard InChI is InChI=1S/C18H27N3O3/c1-12(2)10-15(18(23)24)20-16-5-4-14(11-19-16)17(22)21-8-6-13(3)7-9-21/h4-5,11-13,15H,6-10H2,1-3H3,(H,19,20)(H,23,24)/t15-/m1/s1. The van der Waals surface area contributed by atoms with Gasteiger partial charge in [0.1, 0.15) is 11.9 Å². The van der Waals surface area contributed by atoms with Crippen molar-refractivity contribution < 1.29 is 14.7 Å². The van der Waals surface area contributed by atoms with E-state index >= 15 is 0 Å². The number of nitrogens with zero attached hydrogens (tertiary/aromatic N) is 2. The fourth-order valence-corrected chi connectivity index (χ4v) is 2.87. The van der Waals surface area contributed by atoms with Crippen molar-refractivity contribution in [2.75, 3.05) is 18.4 Å². The maximum Gasteiger partial charge on any atom is 0.326 e. The highest BCUT2D eigenvalue weighted by atomic mass is 16.4. The van der Waals surface area contributed by atoms with Crippen LogP contribution in [0.5, 0.6) is 0 Å². The highest BCUT2D eigenvalue weighted by Gasteiger charge is 2.22. The Balaban J connectivity index is 1.99. The number of anilines is 1. The van der Waals surface area contributed by atoms with Crippen LogP contribution in [0.15, 0.2) is 18.3 Å². The SMILES string of the molecule is CC(C)C[C@@H](Nc1ccc(C(=O)N2CCC(C)CC2)cn1)C(=O)O. The van der Waals surface area contributed by atoms with Crippen LogP contribution in [0.25, 0.3) is 0 Å². The number of rotatable bonds is 6. The lowest BCUT2D eigenvalue weighted by atomic mass is 9.99. The minimum atomic E-state index is -0.895. The van der Waals surface area contributed by atoms with Crippen LogP contribution in [0.1, 0.15) is 50.4 Å². The number of carbonyl (C=O) groups is 2. The molecular weight excluding hydrogens is 306 g/mol. The average Bonchev–Trinajstić information content (AvgIpc) is 2.54. The molecule has 1 aliphatic rings. The maximum atomic E-state index is 12.5. The minimum Gasteiger partial charge on any atom is -0.480 e. The zero-order valence-electron chi connectivity index (χ0n) is 14.7. The summed E-state index contributed by atoms with van der Waals surface area (Å²) in [6, 6.07) is 2.71. The molecule has 0 spiro atoms. The van der Waals surface area contributed by atoms with Crippen LogP contribution < -0.4 is 5.32 Å². The third-order valence-electron chi connectivity index (χ3n) is 4.41. The van der Waals surface area contributed by atoms with Gasteiger partial charge in [-0.05, 0) is 43.2 Å². The second-order valence-corrected chi connectivity index (χ2v) is 7.07. The van der Waals surface area contributed by atoms with Crippen LogP contribution in [-0.2, 0) is 4.79 Å². The Labute approximate surface area is 143 Å². The molecule has 0 saturated carbocycles. The van der Waals surface area contributed by atoms with Crippen molar-refractivity contribution in [3.63, 3.8) is 0 Å². The lowest BCUT2D eigenvalue weighted by molar-refractivity contribution is -0.138. The summed E-state index contributed by atoms with van der Waals surface area (Å²) in [5, 5.41) is 12.2. The van der Waals surface area contributed by atoms with E-state index in [1.807, 2.05) is 18.7 Å². The molecule has 2 N–H and O–H groups in total. The summed E-state index contributed by atoms with van der Waals surface area (Å²) in [4.78, 5) is 29.8. The molecular formula is C18H27N3O3. The fourth-order valence-electron chi connectivity index (χ4n) is 2.87. The molecule has 0 unspecified atom stereocenters. The Morgan fingerprint density at radius 3 is 2.50 bits per heavy atom. The van der Waals surface area contributed by atoms with Gasteiger partial charge in [0.2, 0.25) is 0 Å². The van der Waals surface area contributed by atoms with Crippen LogP contribution in [0, 0.1) is 11.8 Å². The van der Waals surface area contributed by atoms with Gasteiger partial charge in [-0.3, -0.25) is 4.79 Å². The summed E-state index contributed by atoms with van der Waals surface area (Å²) in [7, 11) is 0. The lowest BCUT2D eigenvalue weighted by Crippen LogP contribution is -2.38. The number of likely N-dealkylation sites (tertiary alicyclic amines) is 1. The fraction of sp³-hybridized carbons (Fsp3) is 0.611. The summed E-state index contributed by atoms with van der Waals surface area (Å²) in [6.07, 6.45) is 4.11. The van der Waals surface area contributed by atoms with E-state index in [0.717, 1.165) is 25.9 Å². The molecule has 1 atom stereocenters. The predicted octanol–water partition coefficient (Wildman–Crippen LogP) is 2.86. The second kappa shape index (κ2) is 8.13. The average molecular weight is 333 g/mol.